The molecule has 4 heteroatoms. The Bertz CT molecular complexity index is 357. The van der Waals surface area contributed by atoms with E-state index < -0.39 is 0 Å². The van der Waals surface area contributed by atoms with Crippen molar-refractivity contribution >= 4 is 0 Å². The number of hydrogen-bond acceptors (Lipinski definition) is 3. The number of aryl methyl sites for hydroxylation is 1. The minimum absolute atomic E-state index is 0.391. The molecule has 0 aliphatic heterocycles. The van der Waals surface area contributed by atoms with E-state index in [9.17, 15) is 0 Å². The van der Waals surface area contributed by atoms with Crippen molar-refractivity contribution in [3.63, 3.8) is 0 Å². The van der Waals surface area contributed by atoms with Crippen LogP contribution in [0.25, 0.3) is 0 Å². The van der Waals surface area contributed by atoms with Gasteiger partial charge < -0.3 is 0 Å². The van der Waals surface area contributed by atoms with Gasteiger partial charge in [-0.1, -0.05) is 5.21 Å². The fraction of sp³-hybridized carbons (Fsp3) is 0.700. The van der Waals surface area contributed by atoms with E-state index in [1.807, 2.05) is 4.68 Å². The largest absolute Gasteiger partial charge is 0.249 e. The van der Waals surface area contributed by atoms with E-state index in [0.29, 0.717) is 6.42 Å². The Labute approximate surface area is 83.5 Å². The van der Waals surface area contributed by atoms with E-state index in [4.69, 9.17) is 5.26 Å². The van der Waals surface area contributed by atoms with Crippen LogP contribution in [0.4, 0.5) is 0 Å². The Kier molecular flexibility index (Phi) is 2.49. The third kappa shape index (κ3) is 1.77. The fourth-order valence-electron chi connectivity index (χ4n) is 1.65. The smallest absolute Gasteiger partial charge is 0.0999 e. The summed E-state index contributed by atoms with van der Waals surface area (Å²) in [5, 5.41) is 16.7. The lowest BCUT2D eigenvalue weighted by Gasteiger charge is -2.02. The van der Waals surface area contributed by atoms with Crippen LogP contribution in [-0.2, 0) is 19.4 Å². The van der Waals surface area contributed by atoms with Gasteiger partial charge in [0.25, 0.3) is 0 Å². The van der Waals surface area contributed by atoms with Crippen molar-refractivity contribution in [2.24, 2.45) is 5.92 Å². The van der Waals surface area contributed by atoms with Crippen LogP contribution in [0, 0.1) is 17.2 Å². The summed E-state index contributed by atoms with van der Waals surface area (Å²) >= 11 is 0. The first-order valence-electron chi connectivity index (χ1n) is 5.13. The molecule has 0 spiro atoms. The van der Waals surface area contributed by atoms with Gasteiger partial charge >= 0.3 is 0 Å². The van der Waals surface area contributed by atoms with Crippen LogP contribution in [0.5, 0.6) is 0 Å². The van der Waals surface area contributed by atoms with Crippen molar-refractivity contribution in [2.45, 2.75) is 39.2 Å². The highest BCUT2D eigenvalue weighted by Gasteiger charge is 2.25. The molecule has 0 N–H and O–H groups in total. The fourth-order valence-corrected chi connectivity index (χ4v) is 1.65. The van der Waals surface area contributed by atoms with Gasteiger partial charge in [-0.2, -0.15) is 5.26 Å². The SMILES string of the molecule is CCn1nnc(CC#N)c1CC1CC1. The molecule has 1 aliphatic carbocycles. The van der Waals surface area contributed by atoms with Gasteiger partial charge in [0.15, 0.2) is 0 Å². The second-order valence-corrected chi connectivity index (χ2v) is 3.78. The van der Waals surface area contributed by atoms with Crippen molar-refractivity contribution in [3.8, 4) is 6.07 Å². The first-order chi connectivity index (χ1) is 6.85. The number of hydrogen-bond donors (Lipinski definition) is 0. The predicted octanol–water partition coefficient (Wildman–Crippen LogP) is 1.32. The van der Waals surface area contributed by atoms with E-state index in [1.165, 1.54) is 18.5 Å². The summed E-state index contributed by atoms with van der Waals surface area (Å²) in [4.78, 5) is 0. The highest BCUT2D eigenvalue weighted by molar-refractivity contribution is 5.15. The minimum atomic E-state index is 0.391. The van der Waals surface area contributed by atoms with Crippen molar-refractivity contribution in [3.05, 3.63) is 11.4 Å². The van der Waals surface area contributed by atoms with E-state index in [-0.39, 0.29) is 0 Å². The van der Waals surface area contributed by atoms with Crippen molar-refractivity contribution in [2.75, 3.05) is 0 Å². The second kappa shape index (κ2) is 3.79. The van der Waals surface area contributed by atoms with Gasteiger partial charge in [-0.25, -0.2) is 4.68 Å². The summed E-state index contributed by atoms with van der Waals surface area (Å²) in [6.07, 6.45) is 4.09. The maximum atomic E-state index is 8.65. The summed E-state index contributed by atoms with van der Waals surface area (Å²) in [7, 11) is 0. The van der Waals surface area contributed by atoms with Crippen LogP contribution in [-0.4, -0.2) is 15.0 Å². The summed E-state index contributed by atoms with van der Waals surface area (Å²) < 4.78 is 1.92. The van der Waals surface area contributed by atoms with Crippen LogP contribution in [0.1, 0.15) is 31.2 Å². The average molecular weight is 190 g/mol. The van der Waals surface area contributed by atoms with E-state index >= 15 is 0 Å². The summed E-state index contributed by atoms with van der Waals surface area (Å²) in [6, 6.07) is 2.14. The molecule has 0 atom stereocenters. The first kappa shape index (κ1) is 9.20. The Balaban J connectivity index is 2.21. The monoisotopic (exact) mass is 190 g/mol. The molecule has 2 rings (SSSR count). The van der Waals surface area contributed by atoms with Gasteiger partial charge in [-0.3, -0.25) is 0 Å². The van der Waals surface area contributed by atoms with E-state index in [1.54, 1.807) is 0 Å². The van der Waals surface area contributed by atoms with Gasteiger partial charge in [0.05, 0.1) is 23.9 Å². The second-order valence-electron chi connectivity index (χ2n) is 3.78. The molecule has 1 aliphatic rings. The third-order valence-corrected chi connectivity index (χ3v) is 2.64. The van der Waals surface area contributed by atoms with Crippen LogP contribution < -0.4 is 0 Å². The highest BCUT2D eigenvalue weighted by Crippen LogP contribution is 2.33. The van der Waals surface area contributed by atoms with Crippen LogP contribution in [0.15, 0.2) is 0 Å². The normalized spacial score (nSPS) is 15.4. The molecule has 1 saturated carbocycles. The number of nitrogens with zero attached hydrogens (tertiary/aromatic N) is 4. The first-order valence-corrected chi connectivity index (χ1v) is 5.13. The Morgan fingerprint density at radius 3 is 2.93 bits per heavy atom. The average Bonchev–Trinajstić information content (AvgIpc) is 2.91. The van der Waals surface area contributed by atoms with Crippen LogP contribution in [0.2, 0.25) is 0 Å². The molecule has 1 fully saturated rings. The Morgan fingerprint density at radius 1 is 1.57 bits per heavy atom. The molecule has 74 valence electrons. The summed E-state index contributed by atoms with van der Waals surface area (Å²) in [5.41, 5.74) is 2.05. The zero-order chi connectivity index (χ0) is 9.97. The number of nitriles is 1. The van der Waals surface area contributed by atoms with Gasteiger partial charge in [-0.15, -0.1) is 5.10 Å². The Hall–Kier alpha value is -1.37. The van der Waals surface area contributed by atoms with Gasteiger partial charge in [0.2, 0.25) is 0 Å². The maximum Gasteiger partial charge on any atom is 0.0999 e. The van der Waals surface area contributed by atoms with Gasteiger partial charge in [0, 0.05) is 6.54 Å². The van der Waals surface area contributed by atoms with Gasteiger partial charge in [-0.05, 0) is 32.1 Å². The molecule has 14 heavy (non-hydrogen) atoms. The van der Waals surface area contributed by atoms with Gasteiger partial charge in [0.1, 0.15) is 0 Å². The molecule has 1 aromatic rings. The van der Waals surface area contributed by atoms with E-state index in [0.717, 1.165) is 24.6 Å². The van der Waals surface area contributed by atoms with Crippen LogP contribution in [0.3, 0.4) is 0 Å². The molecule has 0 aromatic carbocycles. The molecule has 0 bridgehead atoms. The van der Waals surface area contributed by atoms with Crippen LogP contribution >= 0.6 is 0 Å². The predicted molar refractivity (Wildman–Crippen MR) is 51.4 cm³/mol. The topological polar surface area (TPSA) is 54.5 Å². The zero-order valence-corrected chi connectivity index (χ0v) is 8.40. The molecular weight excluding hydrogens is 176 g/mol. The Morgan fingerprint density at radius 2 is 2.36 bits per heavy atom. The molecule has 4 nitrogen and oxygen atoms in total. The lowest BCUT2D eigenvalue weighted by atomic mass is 10.1. The zero-order valence-electron chi connectivity index (χ0n) is 8.40. The van der Waals surface area contributed by atoms with E-state index in [2.05, 4.69) is 23.3 Å². The maximum absolute atomic E-state index is 8.65. The lowest BCUT2D eigenvalue weighted by molar-refractivity contribution is 0.585. The highest BCUT2D eigenvalue weighted by atomic mass is 15.4. The minimum Gasteiger partial charge on any atom is -0.249 e. The van der Waals surface area contributed by atoms with Crippen molar-refractivity contribution in [1.82, 2.24) is 15.0 Å². The number of rotatable bonds is 4. The molecular formula is C10H14N4. The standard InChI is InChI=1S/C10H14N4/c1-2-14-10(7-8-3-4-8)9(5-6-11)12-13-14/h8H,2-5,7H2,1H3. The van der Waals surface area contributed by atoms with Crippen molar-refractivity contribution < 1.29 is 0 Å². The lowest BCUT2D eigenvalue weighted by Crippen LogP contribution is -2.05. The molecule has 0 amide bonds. The molecule has 1 heterocycles. The third-order valence-electron chi connectivity index (χ3n) is 2.64. The molecule has 0 unspecified atom stereocenters. The quantitative estimate of drug-likeness (QED) is 0.719. The molecule has 0 saturated heterocycles. The molecule has 0 radical (unpaired) electrons. The number of aromatic nitrogens is 3. The molecule has 1 aromatic heterocycles. The summed E-state index contributed by atoms with van der Waals surface area (Å²) in [6.45, 7) is 2.90. The summed E-state index contributed by atoms with van der Waals surface area (Å²) in [5.74, 6) is 0.816. The van der Waals surface area contributed by atoms with Crippen molar-refractivity contribution in [1.29, 1.82) is 5.26 Å².